The number of unbranched alkanes of at least 4 members (excludes halogenated alkanes) is 1. The number of aliphatic carboxylic acids is 1. The van der Waals surface area contributed by atoms with Crippen LogP contribution in [0.15, 0.2) is 121 Å². The highest BCUT2D eigenvalue weighted by Gasteiger charge is 2.39. The molecule has 5 aromatic rings. The third-order valence-electron chi connectivity index (χ3n) is 10.2. The van der Waals surface area contributed by atoms with Gasteiger partial charge in [-0.05, 0) is 115 Å². The molecule has 0 bridgehead atoms. The maximum atomic E-state index is 12.9. The van der Waals surface area contributed by atoms with Gasteiger partial charge in [0.2, 0.25) is 5.60 Å². The zero-order valence-corrected chi connectivity index (χ0v) is 37.2. The Hall–Kier alpha value is -7.72. The van der Waals surface area contributed by atoms with Gasteiger partial charge in [0.05, 0.1) is 32.7 Å². The molecule has 1 aliphatic heterocycles. The fraction of sp³-hybridized carbons (Fsp3) is 0.294. The summed E-state index contributed by atoms with van der Waals surface area (Å²) in [4.78, 5) is 74.8. The summed E-state index contributed by atoms with van der Waals surface area (Å²) in [5, 5.41) is 17.9. The number of carboxylic acid groups (broad SMARTS) is 1. The molecule has 16 heteroatoms. The average molecular weight is 916 g/mol. The van der Waals surface area contributed by atoms with Gasteiger partial charge in [-0.3, -0.25) is 25.5 Å². The second-order valence-electron chi connectivity index (χ2n) is 16.2. The zero-order chi connectivity index (χ0) is 47.6. The van der Waals surface area contributed by atoms with Crippen molar-refractivity contribution in [2.45, 2.75) is 64.1 Å². The van der Waals surface area contributed by atoms with Crippen LogP contribution in [0.25, 0.3) is 0 Å². The number of carbonyl (C=O) groups excluding carboxylic acids is 5. The maximum absolute atomic E-state index is 12.9. The molecule has 6 rings (SSSR count). The number of nitrogens with one attached hydrogen (secondary N) is 3. The molecule has 0 aromatic heterocycles. The molecule has 0 radical (unpaired) electrons. The van der Waals surface area contributed by atoms with Crippen LogP contribution in [-0.2, 0) is 68.5 Å². The Morgan fingerprint density at radius 3 is 1.57 bits per heavy atom. The molecular weight excluding hydrogens is 863 g/mol. The van der Waals surface area contributed by atoms with Crippen molar-refractivity contribution in [1.82, 2.24) is 0 Å². The predicted molar refractivity (Wildman–Crippen MR) is 247 cm³/mol. The lowest BCUT2D eigenvalue weighted by Gasteiger charge is -2.24. The first-order chi connectivity index (χ1) is 32.3. The fourth-order valence-electron chi connectivity index (χ4n) is 6.74. The quantitative estimate of drug-likeness (QED) is 0.0222. The minimum absolute atomic E-state index is 0.0465. The summed E-state index contributed by atoms with van der Waals surface area (Å²) in [6.45, 7) is 3.48. The molecule has 5 aromatic carbocycles. The van der Waals surface area contributed by atoms with Gasteiger partial charge in [-0.2, -0.15) is 0 Å². The Morgan fingerprint density at radius 2 is 1.03 bits per heavy atom. The van der Waals surface area contributed by atoms with Crippen molar-refractivity contribution >= 4 is 53.2 Å². The highest BCUT2D eigenvalue weighted by molar-refractivity contribution is 5.89. The van der Waals surface area contributed by atoms with Gasteiger partial charge in [0.15, 0.2) is 0 Å². The lowest BCUT2D eigenvalue weighted by Crippen LogP contribution is -2.46. The zero-order valence-electron chi connectivity index (χ0n) is 37.2. The van der Waals surface area contributed by atoms with Crippen LogP contribution in [0.2, 0.25) is 0 Å². The lowest BCUT2D eigenvalue weighted by atomic mass is 9.99. The van der Waals surface area contributed by atoms with Crippen LogP contribution in [0.4, 0.5) is 31.4 Å². The Bertz CT molecular complexity index is 2540. The average Bonchev–Trinajstić information content (AvgIpc) is 4.12. The number of hydrogen-bond donors (Lipinski definition) is 4. The predicted octanol–water partition coefficient (Wildman–Crippen LogP) is 8.42. The largest absolute Gasteiger partial charge is 0.478 e. The molecule has 350 valence electrons. The molecule has 16 nitrogen and oxygen atoms in total. The normalized spacial score (nSPS) is 13.5. The van der Waals surface area contributed by atoms with E-state index in [9.17, 15) is 33.9 Å². The third kappa shape index (κ3) is 17.0. The van der Waals surface area contributed by atoms with Crippen molar-refractivity contribution in [2.75, 3.05) is 49.0 Å². The van der Waals surface area contributed by atoms with Crippen LogP contribution < -0.4 is 16.0 Å². The molecule has 2 atom stereocenters. The van der Waals surface area contributed by atoms with Crippen LogP contribution in [-0.4, -0.2) is 86.0 Å². The van der Waals surface area contributed by atoms with E-state index in [4.69, 9.17) is 28.4 Å². The number of benzene rings is 5. The van der Waals surface area contributed by atoms with Crippen molar-refractivity contribution < 1.29 is 62.3 Å². The number of rotatable bonds is 22. The van der Waals surface area contributed by atoms with Crippen LogP contribution in [0.1, 0.15) is 58.7 Å². The molecule has 0 saturated carbocycles. The first-order valence-corrected chi connectivity index (χ1v) is 21.7. The first-order valence-electron chi connectivity index (χ1n) is 21.7. The summed E-state index contributed by atoms with van der Waals surface area (Å²) in [5.74, 6) is -2.61. The Labute approximate surface area is 387 Å². The highest BCUT2D eigenvalue weighted by Crippen LogP contribution is 2.21. The molecular formula is C51H53N3O13. The molecule has 1 saturated heterocycles. The van der Waals surface area contributed by atoms with Gasteiger partial charge < -0.3 is 33.5 Å². The van der Waals surface area contributed by atoms with Crippen LogP contribution >= 0.6 is 0 Å². The van der Waals surface area contributed by atoms with Gasteiger partial charge in [-0.25, -0.2) is 19.2 Å². The maximum Gasteiger partial charge on any atom is 0.412 e. The molecule has 3 amide bonds. The standard InChI is InChI=1S/C51H53N3O13/c1-34-10-5-17-41(22-34)52-48(59)63-21-4-3-20-62-45(55)29-39-13-6-11-35(24-39)23-36-12-7-14-40(25-36)30-46(56)66-33-51(2,47(57)58)67-50(61)54-43-19-9-16-38(28-43)26-37-15-8-18-42(27-37)53-49(60)65-32-44-31-64-44/h5-19,22,24-25,27-28,44H,3-4,20-21,23,26,29-33H2,1-2H3,(H,52,59)(H,53,60)(H,54,61)(H,57,58). The van der Waals surface area contributed by atoms with Crippen molar-refractivity contribution in [1.29, 1.82) is 0 Å². The van der Waals surface area contributed by atoms with Crippen LogP contribution in [0, 0.1) is 6.92 Å². The summed E-state index contributed by atoms with van der Waals surface area (Å²) in [7, 11) is 0. The summed E-state index contributed by atoms with van der Waals surface area (Å²) in [5.41, 5.74) is 5.26. The van der Waals surface area contributed by atoms with Crippen molar-refractivity contribution in [3.8, 4) is 0 Å². The lowest BCUT2D eigenvalue weighted by molar-refractivity contribution is -0.167. The van der Waals surface area contributed by atoms with Gasteiger partial charge >= 0.3 is 36.2 Å². The second-order valence-corrected chi connectivity index (χ2v) is 16.2. The molecule has 0 spiro atoms. The Morgan fingerprint density at radius 1 is 0.582 bits per heavy atom. The van der Waals surface area contributed by atoms with Crippen molar-refractivity contribution in [2.24, 2.45) is 0 Å². The van der Waals surface area contributed by atoms with E-state index in [0.717, 1.165) is 40.3 Å². The van der Waals surface area contributed by atoms with Gasteiger partial charge in [0, 0.05) is 17.1 Å². The molecule has 67 heavy (non-hydrogen) atoms. The Kier molecular flexibility index (Phi) is 17.4. The van der Waals surface area contributed by atoms with E-state index in [2.05, 4.69) is 16.0 Å². The number of esters is 2. The topological polar surface area (TPSA) is 217 Å². The van der Waals surface area contributed by atoms with E-state index in [1.54, 1.807) is 54.6 Å². The van der Waals surface area contributed by atoms with Crippen molar-refractivity contribution in [3.05, 3.63) is 160 Å². The van der Waals surface area contributed by atoms with E-state index in [-0.39, 0.29) is 44.7 Å². The van der Waals surface area contributed by atoms with E-state index in [1.165, 1.54) is 0 Å². The van der Waals surface area contributed by atoms with E-state index < -0.39 is 42.4 Å². The molecule has 1 heterocycles. The number of amides is 3. The van der Waals surface area contributed by atoms with Gasteiger partial charge in [0.1, 0.15) is 19.3 Å². The minimum atomic E-state index is -2.20. The molecule has 1 fully saturated rings. The van der Waals surface area contributed by atoms with Gasteiger partial charge in [-0.1, -0.05) is 84.9 Å². The third-order valence-corrected chi connectivity index (χ3v) is 10.2. The fourth-order valence-corrected chi connectivity index (χ4v) is 6.74. The summed E-state index contributed by atoms with van der Waals surface area (Å²) < 4.78 is 31.4. The summed E-state index contributed by atoms with van der Waals surface area (Å²) in [6.07, 6.45) is -0.306. The minimum Gasteiger partial charge on any atom is -0.478 e. The van der Waals surface area contributed by atoms with Crippen LogP contribution in [0.3, 0.4) is 0 Å². The Balaban J connectivity index is 0.906. The van der Waals surface area contributed by atoms with E-state index in [1.807, 2.05) is 73.7 Å². The number of carboxylic acids is 1. The van der Waals surface area contributed by atoms with E-state index >= 15 is 0 Å². The van der Waals surface area contributed by atoms with Gasteiger partial charge in [0.25, 0.3) is 0 Å². The van der Waals surface area contributed by atoms with Crippen LogP contribution in [0.5, 0.6) is 0 Å². The summed E-state index contributed by atoms with van der Waals surface area (Å²) in [6, 6.07) is 36.3. The number of hydrogen-bond acceptors (Lipinski definition) is 12. The first kappa shape index (κ1) is 48.7. The van der Waals surface area contributed by atoms with Gasteiger partial charge in [-0.15, -0.1) is 0 Å². The highest BCUT2D eigenvalue weighted by atomic mass is 16.6. The smallest absolute Gasteiger partial charge is 0.412 e. The molecule has 4 N–H and O–H groups in total. The number of carbonyl (C=O) groups is 6. The van der Waals surface area contributed by atoms with Crippen molar-refractivity contribution in [3.63, 3.8) is 0 Å². The number of epoxide rings is 1. The SMILES string of the molecule is Cc1cccc(NC(=O)OCCCCOC(=O)Cc2cccc(Cc3cccc(CC(=O)OCC(C)(OC(=O)Nc4cccc(Cc5cccc(NC(=O)OCC6CO6)c5)c4)C(=O)O)c3)c2)c1. The summed E-state index contributed by atoms with van der Waals surface area (Å²) >= 11 is 0. The monoisotopic (exact) mass is 915 g/mol. The molecule has 1 aliphatic rings. The second kappa shape index (κ2) is 24.0. The van der Waals surface area contributed by atoms with E-state index in [0.29, 0.717) is 54.9 Å². The number of aryl methyl sites for hydroxylation is 1. The number of anilines is 3. The molecule has 2 unspecified atom stereocenters. The number of ether oxygens (including phenoxy) is 6. The molecule has 0 aliphatic carbocycles.